The van der Waals surface area contributed by atoms with Gasteiger partial charge in [0.25, 0.3) is 0 Å². The minimum absolute atomic E-state index is 0.0985. The van der Waals surface area contributed by atoms with Crippen molar-refractivity contribution in [2.24, 2.45) is 0 Å². The van der Waals surface area contributed by atoms with Gasteiger partial charge in [0.1, 0.15) is 5.82 Å². The molecular weight excluding hydrogens is 136 g/mol. The number of carboxylic acid groups (broad SMARTS) is 1. The highest BCUT2D eigenvalue weighted by molar-refractivity contribution is 5.87. The molecule has 52 valence electrons. The van der Waals surface area contributed by atoms with E-state index in [-0.39, 0.29) is 5.56 Å². The predicted octanol–water partition coefficient (Wildman–Crippen LogP) is 1.52. The molecule has 0 aliphatic carbocycles. The van der Waals surface area contributed by atoms with E-state index in [1.54, 1.807) is 0 Å². The summed E-state index contributed by atoms with van der Waals surface area (Å²) in [6, 6.07) is 4.67. The molecule has 0 unspecified atom stereocenters. The molecule has 0 bridgehead atoms. The Hall–Kier alpha value is -1.38. The van der Waals surface area contributed by atoms with Crippen LogP contribution in [0.4, 0.5) is 4.39 Å². The van der Waals surface area contributed by atoms with E-state index in [4.69, 9.17) is 5.11 Å². The Labute approximate surface area is 56.9 Å². The van der Waals surface area contributed by atoms with Gasteiger partial charge in [0.05, 0.1) is 5.56 Å². The fourth-order valence-electron chi connectivity index (χ4n) is 0.592. The zero-order chi connectivity index (χ0) is 7.56. The molecule has 0 spiro atoms. The molecule has 1 N–H and O–H groups in total. The fourth-order valence-corrected chi connectivity index (χ4v) is 0.592. The molecule has 0 saturated heterocycles. The van der Waals surface area contributed by atoms with Crippen LogP contribution >= 0.6 is 0 Å². The first-order valence-corrected chi connectivity index (χ1v) is 2.69. The summed E-state index contributed by atoms with van der Waals surface area (Å²) in [5.41, 5.74) is 0.0985. The second kappa shape index (κ2) is 2.47. The summed E-state index contributed by atoms with van der Waals surface area (Å²) in [5, 5.41) is 8.35. The van der Waals surface area contributed by atoms with Crippen molar-refractivity contribution < 1.29 is 14.3 Å². The van der Waals surface area contributed by atoms with Gasteiger partial charge >= 0.3 is 5.97 Å². The summed E-state index contributed by atoms with van der Waals surface area (Å²) in [4.78, 5) is 10.2. The molecule has 0 fully saturated rings. The SMILES string of the molecule is O=[13C](O)c1ccc(F)cc1. The molecule has 0 amide bonds. The molecule has 0 radical (unpaired) electrons. The monoisotopic (exact) mass is 141 g/mol. The third-order valence-corrected chi connectivity index (χ3v) is 1.09. The minimum Gasteiger partial charge on any atom is -0.478 e. The molecule has 3 heteroatoms. The van der Waals surface area contributed by atoms with Crippen LogP contribution < -0.4 is 0 Å². The maximum absolute atomic E-state index is 12.2. The predicted molar refractivity (Wildman–Crippen MR) is 33.4 cm³/mol. The van der Waals surface area contributed by atoms with Crippen LogP contribution in [-0.2, 0) is 0 Å². The number of carboxylic acids is 1. The lowest BCUT2D eigenvalue weighted by molar-refractivity contribution is 0.0697. The number of aromatic carboxylic acids is 1. The molecule has 1 aromatic carbocycles. The van der Waals surface area contributed by atoms with Crippen LogP contribution in [0.1, 0.15) is 10.4 Å². The first kappa shape index (κ1) is 6.74. The topological polar surface area (TPSA) is 37.3 Å². The van der Waals surface area contributed by atoms with Crippen LogP contribution in [0.2, 0.25) is 0 Å². The van der Waals surface area contributed by atoms with Crippen LogP contribution in [-0.4, -0.2) is 11.1 Å². The van der Waals surface area contributed by atoms with Crippen molar-refractivity contribution in [3.63, 3.8) is 0 Å². The number of carbonyl (C=O) groups is 1. The summed E-state index contributed by atoms with van der Waals surface area (Å²) < 4.78 is 12.2. The molecule has 0 aliphatic heterocycles. The summed E-state index contributed by atoms with van der Waals surface area (Å²) in [7, 11) is 0. The highest BCUT2D eigenvalue weighted by Crippen LogP contribution is 2.01. The molecule has 10 heavy (non-hydrogen) atoms. The second-order valence-electron chi connectivity index (χ2n) is 1.81. The highest BCUT2D eigenvalue weighted by atomic mass is 19.1. The molecule has 1 aromatic rings. The van der Waals surface area contributed by atoms with E-state index in [1.165, 1.54) is 12.1 Å². The number of benzene rings is 1. The minimum atomic E-state index is -1.04. The Bertz CT molecular complexity index is 240. The van der Waals surface area contributed by atoms with Gasteiger partial charge in [-0.25, -0.2) is 9.18 Å². The maximum atomic E-state index is 12.2. The van der Waals surface area contributed by atoms with Gasteiger partial charge in [-0.3, -0.25) is 0 Å². The Morgan fingerprint density at radius 2 is 1.80 bits per heavy atom. The van der Waals surface area contributed by atoms with Gasteiger partial charge in [-0.05, 0) is 24.3 Å². The zero-order valence-corrected chi connectivity index (χ0v) is 5.04. The number of hydrogen-bond donors (Lipinski definition) is 1. The van der Waals surface area contributed by atoms with Crippen molar-refractivity contribution in [2.75, 3.05) is 0 Å². The van der Waals surface area contributed by atoms with Crippen molar-refractivity contribution in [1.82, 2.24) is 0 Å². The number of rotatable bonds is 1. The average Bonchev–Trinajstić information content (AvgIpc) is 1.88. The van der Waals surface area contributed by atoms with Gasteiger partial charge < -0.3 is 5.11 Å². The molecular formula is C7H5FO2. The van der Waals surface area contributed by atoms with Gasteiger partial charge in [0.15, 0.2) is 0 Å². The molecule has 2 nitrogen and oxygen atoms in total. The Morgan fingerprint density at radius 1 is 1.30 bits per heavy atom. The van der Waals surface area contributed by atoms with E-state index in [9.17, 15) is 9.18 Å². The summed E-state index contributed by atoms with van der Waals surface area (Å²) in [5.74, 6) is -1.47. The third-order valence-electron chi connectivity index (χ3n) is 1.09. The Morgan fingerprint density at radius 3 is 2.20 bits per heavy atom. The summed E-state index contributed by atoms with van der Waals surface area (Å²) in [6.07, 6.45) is 0. The standard InChI is InChI=1S/C7H5FO2/c8-6-3-1-5(2-4-6)7(9)10/h1-4H,(H,9,10)/i7+1. The van der Waals surface area contributed by atoms with Crippen LogP contribution in [0, 0.1) is 5.82 Å². The lowest BCUT2D eigenvalue weighted by atomic mass is 10.3. The molecule has 0 saturated carbocycles. The van der Waals surface area contributed by atoms with Gasteiger partial charge in [-0.15, -0.1) is 0 Å². The van der Waals surface area contributed by atoms with Crippen molar-refractivity contribution in [2.45, 2.75) is 0 Å². The number of halogens is 1. The summed E-state index contributed by atoms with van der Waals surface area (Å²) in [6.45, 7) is 0. The normalized spacial score (nSPS) is 9.30. The maximum Gasteiger partial charge on any atom is 0.335 e. The van der Waals surface area contributed by atoms with Crippen molar-refractivity contribution in [1.29, 1.82) is 0 Å². The fraction of sp³-hybridized carbons (Fsp3) is 0. The van der Waals surface area contributed by atoms with E-state index in [2.05, 4.69) is 0 Å². The van der Waals surface area contributed by atoms with Gasteiger partial charge in [-0.2, -0.15) is 0 Å². The van der Waals surface area contributed by atoms with Gasteiger partial charge in [0, 0.05) is 0 Å². The van der Waals surface area contributed by atoms with E-state index >= 15 is 0 Å². The highest BCUT2D eigenvalue weighted by Gasteiger charge is 1.99. The zero-order valence-electron chi connectivity index (χ0n) is 5.04. The first-order chi connectivity index (χ1) is 4.70. The molecule has 0 heterocycles. The molecule has 1 rings (SSSR count). The van der Waals surface area contributed by atoms with Gasteiger partial charge in [-0.1, -0.05) is 0 Å². The van der Waals surface area contributed by atoms with Crippen molar-refractivity contribution >= 4 is 5.97 Å². The van der Waals surface area contributed by atoms with E-state index in [0.29, 0.717) is 0 Å². The van der Waals surface area contributed by atoms with Crippen LogP contribution in [0.25, 0.3) is 0 Å². The van der Waals surface area contributed by atoms with E-state index in [0.717, 1.165) is 12.1 Å². The first-order valence-electron chi connectivity index (χ1n) is 2.69. The van der Waals surface area contributed by atoms with Crippen LogP contribution in [0.15, 0.2) is 24.3 Å². The van der Waals surface area contributed by atoms with E-state index < -0.39 is 11.8 Å². The quantitative estimate of drug-likeness (QED) is 0.602. The largest absolute Gasteiger partial charge is 0.478 e. The third kappa shape index (κ3) is 1.31. The number of hydrogen-bond acceptors (Lipinski definition) is 1. The van der Waals surface area contributed by atoms with Crippen molar-refractivity contribution in [3.8, 4) is 0 Å². The van der Waals surface area contributed by atoms with Gasteiger partial charge in [0.2, 0.25) is 0 Å². The van der Waals surface area contributed by atoms with Crippen molar-refractivity contribution in [3.05, 3.63) is 35.6 Å². The van der Waals surface area contributed by atoms with Crippen LogP contribution in [0.3, 0.4) is 0 Å². The lowest BCUT2D eigenvalue weighted by Gasteiger charge is -1.90. The van der Waals surface area contributed by atoms with Crippen LogP contribution in [0.5, 0.6) is 0 Å². The Kier molecular flexibility index (Phi) is 1.67. The smallest absolute Gasteiger partial charge is 0.335 e. The molecule has 0 aliphatic rings. The molecule has 0 aromatic heterocycles. The Balaban J connectivity index is 3.00. The lowest BCUT2D eigenvalue weighted by Crippen LogP contribution is -1.94. The molecule has 0 atom stereocenters. The summed E-state index contributed by atoms with van der Waals surface area (Å²) >= 11 is 0. The van der Waals surface area contributed by atoms with E-state index in [1.807, 2.05) is 0 Å². The second-order valence-corrected chi connectivity index (χ2v) is 1.81. The average molecular weight is 141 g/mol.